The smallest absolute Gasteiger partial charge is 0.268 e. The quantitative estimate of drug-likeness (QED) is 0.450. The number of fused-ring (bicyclic) bond motifs is 3. The van der Waals surface area contributed by atoms with Crippen molar-refractivity contribution in [1.82, 2.24) is 39.3 Å². The van der Waals surface area contributed by atoms with Gasteiger partial charge in [-0.25, -0.2) is 9.55 Å². The zero-order chi connectivity index (χ0) is 21.7. The van der Waals surface area contributed by atoms with Gasteiger partial charge >= 0.3 is 0 Å². The summed E-state index contributed by atoms with van der Waals surface area (Å²) in [5.74, 6) is 2.49. The molecule has 4 aromatic heterocycles. The Labute approximate surface area is 187 Å². The molecule has 0 amide bonds. The number of nitrogens with one attached hydrogen (secondary N) is 1. The molecule has 4 heterocycles. The molecule has 1 saturated carbocycles. The first-order chi connectivity index (χ1) is 15.7. The first kappa shape index (κ1) is 19.1. The summed E-state index contributed by atoms with van der Waals surface area (Å²) in [5, 5.41) is 12.9. The average Bonchev–Trinajstić information content (AvgIpc) is 3.48. The van der Waals surface area contributed by atoms with Gasteiger partial charge in [0.05, 0.1) is 10.9 Å². The summed E-state index contributed by atoms with van der Waals surface area (Å²) in [4.78, 5) is 26.7. The molecule has 1 fully saturated rings. The highest BCUT2D eigenvalue weighted by molar-refractivity contribution is 6.30. The number of hydrogen-bond donors (Lipinski definition) is 1. The van der Waals surface area contributed by atoms with E-state index in [4.69, 9.17) is 16.7 Å². The number of pyridine rings is 1. The van der Waals surface area contributed by atoms with E-state index in [2.05, 4.69) is 25.1 Å². The van der Waals surface area contributed by atoms with E-state index in [1.165, 1.54) is 23.8 Å². The van der Waals surface area contributed by atoms with Crippen LogP contribution in [0.1, 0.15) is 43.8 Å². The molecule has 10 heteroatoms. The molecule has 160 valence electrons. The Bertz CT molecular complexity index is 1490. The zero-order valence-corrected chi connectivity index (χ0v) is 17.8. The highest BCUT2D eigenvalue weighted by atomic mass is 35.5. The van der Waals surface area contributed by atoms with Crippen molar-refractivity contribution in [2.24, 2.45) is 0 Å². The minimum atomic E-state index is -0.270. The molecule has 5 aromatic rings. The SMILES string of the molecule is O=c1c2cnc3nc(C4CCCCC4)nn3c2ccn1-c1n[nH]c(-c2ccc(Cl)cc2)n1. The van der Waals surface area contributed by atoms with E-state index in [1.54, 1.807) is 29.0 Å². The Balaban J connectivity index is 1.41. The van der Waals surface area contributed by atoms with Crippen molar-refractivity contribution in [1.29, 1.82) is 0 Å². The fraction of sp³-hybridized carbons (Fsp3) is 0.273. The van der Waals surface area contributed by atoms with Gasteiger partial charge in [-0.3, -0.25) is 9.89 Å². The number of aromatic amines is 1. The molecular weight excluding hydrogens is 428 g/mol. The Kier molecular flexibility index (Phi) is 4.50. The van der Waals surface area contributed by atoms with Crippen LogP contribution in [0, 0.1) is 0 Å². The minimum absolute atomic E-state index is 0.253. The molecule has 0 radical (unpaired) electrons. The van der Waals surface area contributed by atoms with Crippen molar-refractivity contribution >= 4 is 28.3 Å². The molecule has 32 heavy (non-hydrogen) atoms. The Morgan fingerprint density at radius 2 is 1.84 bits per heavy atom. The number of H-pyrrole nitrogens is 1. The summed E-state index contributed by atoms with van der Waals surface area (Å²) in [6.07, 6.45) is 9.08. The van der Waals surface area contributed by atoms with Crippen LogP contribution in [0.5, 0.6) is 0 Å². The van der Waals surface area contributed by atoms with Crippen molar-refractivity contribution in [2.75, 3.05) is 0 Å². The monoisotopic (exact) mass is 446 g/mol. The largest absolute Gasteiger partial charge is 0.268 e. The lowest BCUT2D eigenvalue weighted by molar-refractivity contribution is 0.429. The van der Waals surface area contributed by atoms with Crippen molar-refractivity contribution in [3.63, 3.8) is 0 Å². The highest BCUT2D eigenvalue weighted by Gasteiger charge is 2.21. The number of rotatable bonds is 3. The van der Waals surface area contributed by atoms with E-state index in [1.807, 2.05) is 18.2 Å². The molecule has 0 atom stereocenters. The number of benzene rings is 1. The average molecular weight is 447 g/mol. The molecule has 6 rings (SSSR count). The normalized spacial score (nSPS) is 15.0. The summed E-state index contributed by atoms with van der Waals surface area (Å²) >= 11 is 5.95. The van der Waals surface area contributed by atoms with Crippen molar-refractivity contribution in [3.8, 4) is 17.3 Å². The second-order valence-corrected chi connectivity index (χ2v) is 8.49. The van der Waals surface area contributed by atoms with Gasteiger partial charge in [0.25, 0.3) is 17.3 Å². The molecule has 0 aliphatic heterocycles. The number of nitrogens with zero attached hydrogens (tertiary/aromatic N) is 7. The molecule has 1 aliphatic rings. The van der Waals surface area contributed by atoms with Crippen molar-refractivity contribution < 1.29 is 0 Å². The molecule has 0 bridgehead atoms. The Hall–Kier alpha value is -3.59. The van der Waals surface area contributed by atoms with Gasteiger partial charge in [0.15, 0.2) is 11.6 Å². The third kappa shape index (κ3) is 3.16. The van der Waals surface area contributed by atoms with Crippen LogP contribution < -0.4 is 5.56 Å². The molecule has 1 N–H and O–H groups in total. The molecule has 0 unspecified atom stereocenters. The van der Waals surface area contributed by atoms with Gasteiger partial charge in [0, 0.05) is 28.9 Å². The first-order valence-electron chi connectivity index (χ1n) is 10.6. The van der Waals surface area contributed by atoms with Gasteiger partial charge in [0.2, 0.25) is 0 Å². The highest BCUT2D eigenvalue weighted by Crippen LogP contribution is 2.31. The maximum Gasteiger partial charge on any atom is 0.268 e. The van der Waals surface area contributed by atoms with Crippen LogP contribution in [0.2, 0.25) is 5.02 Å². The zero-order valence-electron chi connectivity index (χ0n) is 17.1. The van der Waals surface area contributed by atoms with E-state index >= 15 is 0 Å². The van der Waals surface area contributed by atoms with Gasteiger partial charge < -0.3 is 0 Å². The fourth-order valence-electron chi connectivity index (χ4n) is 4.32. The molecule has 1 aromatic carbocycles. The fourth-order valence-corrected chi connectivity index (χ4v) is 4.45. The Morgan fingerprint density at radius 3 is 2.66 bits per heavy atom. The molecule has 0 saturated heterocycles. The van der Waals surface area contributed by atoms with Crippen LogP contribution in [0.3, 0.4) is 0 Å². The van der Waals surface area contributed by atoms with Gasteiger partial charge in [-0.1, -0.05) is 30.9 Å². The first-order valence-corrected chi connectivity index (χ1v) is 11.0. The molecule has 0 spiro atoms. The third-order valence-electron chi connectivity index (χ3n) is 6.03. The molecule has 1 aliphatic carbocycles. The van der Waals surface area contributed by atoms with E-state index in [0.717, 1.165) is 24.2 Å². The topological polar surface area (TPSA) is 107 Å². The van der Waals surface area contributed by atoms with E-state index in [0.29, 0.717) is 33.4 Å². The van der Waals surface area contributed by atoms with Crippen LogP contribution in [-0.4, -0.2) is 39.3 Å². The maximum absolute atomic E-state index is 13.2. The lowest BCUT2D eigenvalue weighted by atomic mass is 9.89. The molecular formula is C22H19ClN8O. The van der Waals surface area contributed by atoms with Crippen LogP contribution in [0.25, 0.3) is 34.0 Å². The van der Waals surface area contributed by atoms with Crippen molar-refractivity contribution in [3.05, 3.63) is 63.9 Å². The lowest BCUT2D eigenvalue weighted by Crippen LogP contribution is -2.20. The summed E-state index contributed by atoms with van der Waals surface area (Å²) in [6.45, 7) is 0. The van der Waals surface area contributed by atoms with Crippen LogP contribution in [-0.2, 0) is 0 Å². The maximum atomic E-state index is 13.2. The third-order valence-corrected chi connectivity index (χ3v) is 6.28. The number of hydrogen-bond acceptors (Lipinski definition) is 6. The summed E-state index contributed by atoms with van der Waals surface area (Å²) in [7, 11) is 0. The summed E-state index contributed by atoms with van der Waals surface area (Å²) in [6, 6.07) is 9.05. The molecule has 9 nitrogen and oxygen atoms in total. The number of halogens is 1. The van der Waals surface area contributed by atoms with Gasteiger partial charge in [-0.05, 0) is 43.2 Å². The second kappa shape index (κ2) is 7.52. The lowest BCUT2D eigenvalue weighted by Gasteiger charge is -2.17. The van der Waals surface area contributed by atoms with Crippen LogP contribution in [0.4, 0.5) is 0 Å². The predicted molar refractivity (Wildman–Crippen MR) is 120 cm³/mol. The van der Waals surface area contributed by atoms with Crippen LogP contribution >= 0.6 is 11.6 Å². The van der Waals surface area contributed by atoms with Gasteiger partial charge in [-0.2, -0.15) is 14.5 Å². The van der Waals surface area contributed by atoms with Gasteiger partial charge in [-0.15, -0.1) is 10.2 Å². The second-order valence-electron chi connectivity index (χ2n) is 8.06. The van der Waals surface area contributed by atoms with E-state index in [-0.39, 0.29) is 11.5 Å². The minimum Gasteiger partial charge on any atom is -0.268 e. The van der Waals surface area contributed by atoms with Crippen molar-refractivity contribution in [2.45, 2.75) is 38.0 Å². The summed E-state index contributed by atoms with van der Waals surface area (Å²) < 4.78 is 3.06. The predicted octanol–water partition coefficient (Wildman–Crippen LogP) is 3.91. The van der Waals surface area contributed by atoms with E-state index < -0.39 is 0 Å². The Morgan fingerprint density at radius 1 is 1.03 bits per heavy atom. The van der Waals surface area contributed by atoms with E-state index in [9.17, 15) is 4.79 Å². The van der Waals surface area contributed by atoms with Gasteiger partial charge in [0.1, 0.15) is 0 Å². The number of aromatic nitrogens is 8. The summed E-state index contributed by atoms with van der Waals surface area (Å²) in [5.41, 5.74) is 1.22. The standard InChI is InChI=1S/C22H19ClN8O/c23-15-8-6-14(7-9-15)18-25-22(28-27-18)30-11-10-17-16(20(30)32)12-24-21-26-19(29-31(17)21)13-4-2-1-3-5-13/h6-13H,1-5H2,(H,25,27,28). The van der Waals surface area contributed by atoms with Crippen LogP contribution in [0.15, 0.2) is 47.5 Å².